The van der Waals surface area contributed by atoms with Gasteiger partial charge in [0.2, 0.25) is 11.8 Å². The molecule has 0 aliphatic carbocycles. The van der Waals surface area contributed by atoms with Crippen LogP contribution in [0.5, 0.6) is 0 Å². The quantitative estimate of drug-likeness (QED) is 0.106. The second-order valence-corrected chi connectivity index (χ2v) is 5.10. The third-order valence-electron chi connectivity index (χ3n) is 3.04. The van der Waals surface area contributed by atoms with Crippen LogP contribution in [0.1, 0.15) is 25.7 Å². The largest absolute Gasteiger partial charge is 0.481 e. The van der Waals surface area contributed by atoms with E-state index in [1.165, 1.54) is 0 Å². The van der Waals surface area contributed by atoms with Gasteiger partial charge in [0.1, 0.15) is 12.1 Å². The van der Waals surface area contributed by atoms with E-state index < -0.39 is 42.4 Å². The summed E-state index contributed by atoms with van der Waals surface area (Å²) in [5, 5.41) is 22.4. The molecule has 0 aromatic rings. The number of carbonyl (C=O) groups is 4. The van der Waals surface area contributed by atoms with Gasteiger partial charge in [0.25, 0.3) is 0 Å². The van der Waals surface area contributed by atoms with Crippen molar-refractivity contribution >= 4 is 29.7 Å². The van der Waals surface area contributed by atoms with E-state index in [4.69, 9.17) is 27.4 Å². The summed E-state index contributed by atoms with van der Waals surface area (Å²) in [7, 11) is 0. The Morgan fingerprint density at radius 3 is 2.12 bits per heavy atom. The smallest absolute Gasteiger partial charge is 0.326 e. The highest BCUT2D eigenvalue weighted by Gasteiger charge is 2.26. The van der Waals surface area contributed by atoms with Gasteiger partial charge in [-0.15, -0.1) is 0 Å². The van der Waals surface area contributed by atoms with Gasteiger partial charge in [-0.3, -0.25) is 19.4 Å². The predicted molar refractivity (Wildman–Crippen MR) is 87.3 cm³/mol. The lowest BCUT2D eigenvalue weighted by Gasteiger charge is -2.20. The first-order valence-electron chi connectivity index (χ1n) is 7.47. The van der Waals surface area contributed by atoms with Gasteiger partial charge in [0, 0.05) is 13.0 Å². The number of nitrogens with two attached hydrogens (primary N) is 3. The van der Waals surface area contributed by atoms with E-state index in [1.807, 2.05) is 0 Å². The molecule has 0 spiro atoms. The molecule has 12 nitrogen and oxygen atoms in total. The Morgan fingerprint density at radius 2 is 1.64 bits per heavy atom. The van der Waals surface area contributed by atoms with Crippen LogP contribution in [0.3, 0.4) is 0 Å². The number of hydrogen-bond acceptors (Lipinski definition) is 6. The number of aliphatic carboxylic acids is 2. The summed E-state index contributed by atoms with van der Waals surface area (Å²) < 4.78 is 0. The Hall–Kier alpha value is -2.89. The number of hydrogen-bond donors (Lipinski definition) is 7. The third-order valence-corrected chi connectivity index (χ3v) is 3.04. The van der Waals surface area contributed by atoms with Gasteiger partial charge in [-0.25, -0.2) is 4.79 Å². The fourth-order valence-electron chi connectivity index (χ4n) is 1.82. The van der Waals surface area contributed by atoms with Crippen LogP contribution in [0.15, 0.2) is 4.99 Å². The molecule has 0 aromatic carbocycles. The van der Waals surface area contributed by atoms with Crippen LogP contribution < -0.4 is 27.8 Å². The van der Waals surface area contributed by atoms with Crippen molar-refractivity contribution in [3.63, 3.8) is 0 Å². The Kier molecular flexibility index (Phi) is 10.3. The number of rotatable bonds is 12. The van der Waals surface area contributed by atoms with E-state index in [0.717, 1.165) is 0 Å². The number of carboxylic acids is 2. The molecule has 2 unspecified atom stereocenters. The second-order valence-electron chi connectivity index (χ2n) is 5.10. The van der Waals surface area contributed by atoms with Gasteiger partial charge in [-0.1, -0.05) is 0 Å². The number of aliphatic imine (C=N–C) groups is 1. The maximum absolute atomic E-state index is 12.2. The van der Waals surface area contributed by atoms with Gasteiger partial charge in [-0.2, -0.15) is 0 Å². The molecule has 12 heteroatoms. The first-order chi connectivity index (χ1) is 11.7. The number of amides is 2. The van der Waals surface area contributed by atoms with Gasteiger partial charge < -0.3 is 38.0 Å². The van der Waals surface area contributed by atoms with E-state index in [2.05, 4.69) is 15.6 Å². The molecule has 0 aliphatic rings. The van der Waals surface area contributed by atoms with Crippen molar-refractivity contribution in [1.82, 2.24) is 10.6 Å². The van der Waals surface area contributed by atoms with Crippen molar-refractivity contribution < 1.29 is 29.4 Å². The molecule has 142 valence electrons. The molecule has 0 saturated carbocycles. The Labute approximate surface area is 143 Å². The van der Waals surface area contributed by atoms with Crippen LogP contribution in [0.2, 0.25) is 0 Å². The van der Waals surface area contributed by atoms with E-state index in [1.54, 1.807) is 0 Å². The number of carbonyl (C=O) groups excluding carboxylic acids is 2. The molecule has 0 saturated heterocycles. The molecule has 0 rings (SSSR count). The van der Waals surface area contributed by atoms with Crippen molar-refractivity contribution in [2.75, 3.05) is 13.1 Å². The molecule has 0 heterocycles. The number of carboxylic acid groups (broad SMARTS) is 2. The summed E-state index contributed by atoms with van der Waals surface area (Å²) in [6, 6.07) is -2.43. The van der Waals surface area contributed by atoms with Crippen molar-refractivity contribution in [1.29, 1.82) is 0 Å². The zero-order valence-electron chi connectivity index (χ0n) is 13.6. The van der Waals surface area contributed by atoms with Crippen molar-refractivity contribution in [2.24, 2.45) is 22.2 Å². The lowest BCUT2D eigenvalue weighted by Crippen LogP contribution is -2.52. The predicted octanol–water partition coefficient (Wildman–Crippen LogP) is -3.08. The summed E-state index contributed by atoms with van der Waals surface area (Å²) in [5.74, 6) is -4.04. The van der Waals surface area contributed by atoms with Gasteiger partial charge in [0.15, 0.2) is 5.96 Å². The van der Waals surface area contributed by atoms with E-state index in [0.29, 0.717) is 6.42 Å². The van der Waals surface area contributed by atoms with Gasteiger partial charge >= 0.3 is 11.9 Å². The van der Waals surface area contributed by atoms with Gasteiger partial charge in [-0.05, 0) is 19.3 Å². The maximum atomic E-state index is 12.2. The molecular formula is C13H24N6O6. The highest BCUT2D eigenvalue weighted by molar-refractivity contribution is 5.91. The lowest BCUT2D eigenvalue weighted by molar-refractivity contribution is -0.143. The first-order valence-corrected chi connectivity index (χ1v) is 7.47. The molecule has 25 heavy (non-hydrogen) atoms. The highest BCUT2D eigenvalue weighted by atomic mass is 16.4. The highest BCUT2D eigenvalue weighted by Crippen LogP contribution is 2.03. The number of guanidine groups is 1. The maximum Gasteiger partial charge on any atom is 0.326 e. The van der Waals surface area contributed by atoms with Crippen molar-refractivity contribution in [3.05, 3.63) is 0 Å². The second kappa shape index (κ2) is 11.6. The summed E-state index contributed by atoms with van der Waals surface area (Å²) in [6.07, 6.45) is -0.239. The van der Waals surface area contributed by atoms with E-state index >= 15 is 0 Å². The fraction of sp³-hybridized carbons (Fsp3) is 0.615. The summed E-state index contributed by atoms with van der Waals surface area (Å²) in [4.78, 5) is 49.1. The SMILES string of the molecule is NCC(=O)NC(CCC(=O)O)C(=O)NC(CCCN=C(N)N)C(=O)O. The van der Waals surface area contributed by atoms with Crippen LogP contribution in [-0.4, -0.2) is 65.1 Å². The zero-order valence-corrected chi connectivity index (χ0v) is 13.6. The molecule has 2 amide bonds. The summed E-state index contributed by atoms with van der Waals surface area (Å²) in [5.41, 5.74) is 15.4. The lowest BCUT2D eigenvalue weighted by atomic mass is 10.1. The van der Waals surface area contributed by atoms with Crippen LogP contribution >= 0.6 is 0 Å². The molecule has 2 atom stereocenters. The van der Waals surface area contributed by atoms with E-state index in [-0.39, 0.29) is 31.8 Å². The van der Waals surface area contributed by atoms with Crippen LogP contribution in [0.4, 0.5) is 0 Å². The number of nitrogens with zero attached hydrogens (tertiary/aromatic N) is 1. The monoisotopic (exact) mass is 360 g/mol. The Balaban J connectivity index is 4.80. The average molecular weight is 360 g/mol. The standard InChI is InChI=1S/C13H24N6O6/c14-6-9(20)18-7(3-4-10(21)22)11(23)19-8(12(24)25)2-1-5-17-13(15)16/h7-8H,1-6,14H2,(H,18,20)(H,19,23)(H,21,22)(H,24,25)(H4,15,16,17). The minimum Gasteiger partial charge on any atom is -0.481 e. The Morgan fingerprint density at radius 1 is 1.00 bits per heavy atom. The number of nitrogens with one attached hydrogen (secondary N) is 2. The molecule has 0 aromatic heterocycles. The molecule has 10 N–H and O–H groups in total. The van der Waals surface area contributed by atoms with E-state index in [9.17, 15) is 19.2 Å². The normalized spacial score (nSPS) is 12.5. The molecule has 0 fully saturated rings. The minimum absolute atomic E-state index is 0.0499. The molecular weight excluding hydrogens is 336 g/mol. The Bertz CT molecular complexity index is 519. The summed E-state index contributed by atoms with van der Waals surface area (Å²) in [6.45, 7) is -0.202. The van der Waals surface area contributed by atoms with Crippen LogP contribution in [-0.2, 0) is 19.2 Å². The zero-order chi connectivity index (χ0) is 19.4. The fourth-order valence-corrected chi connectivity index (χ4v) is 1.82. The van der Waals surface area contributed by atoms with Gasteiger partial charge in [0.05, 0.1) is 6.54 Å². The average Bonchev–Trinajstić information content (AvgIpc) is 2.52. The topological polar surface area (TPSA) is 223 Å². The summed E-state index contributed by atoms with van der Waals surface area (Å²) >= 11 is 0. The third kappa shape index (κ3) is 10.5. The van der Waals surface area contributed by atoms with Crippen LogP contribution in [0.25, 0.3) is 0 Å². The molecule has 0 bridgehead atoms. The van der Waals surface area contributed by atoms with Crippen LogP contribution in [0, 0.1) is 0 Å². The first kappa shape index (κ1) is 22.1. The van der Waals surface area contributed by atoms with Crippen molar-refractivity contribution in [2.45, 2.75) is 37.8 Å². The molecule has 0 radical (unpaired) electrons. The minimum atomic E-state index is -1.28. The van der Waals surface area contributed by atoms with Crippen molar-refractivity contribution in [3.8, 4) is 0 Å². The molecule has 0 aliphatic heterocycles.